The van der Waals surface area contributed by atoms with E-state index in [0.29, 0.717) is 38.1 Å². The number of benzene rings is 1. The first kappa shape index (κ1) is 26.9. The Kier molecular flexibility index (Phi) is 13.5. The van der Waals surface area contributed by atoms with Crippen molar-refractivity contribution in [2.75, 3.05) is 33.0 Å². The predicted octanol–water partition coefficient (Wildman–Crippen LogP) is 2.64. The zero-order valence-corrected chi connectivity index (χ0v) is 20.7. The number of halogens is 1. The van der Waals surface area contributed by atoms with E-state index in [-0.39, 0.29) is 24.0 Å². The molecule has 0 aliphatic carbocycles. The maximum atomic E-state index is 11.1. The second kappa shape index (κ2) is 14.0. The van der Waals surface area contributed by atoms with Crippen LogP contribution in [-0.2, 0) is 16.6 Å². The SMILES string of the molecule is CN=C(NCCNS(C)(=O)=O)NCc1ccc(C)cc1OCCCC(C)C.I. The van der Waals surface area contributed by atoms with E-state index in [2.05, 4.69) is 52.4 Å². The molecule has 162 valence electrons. The number of aliphatic imine (C=N–C) groups is 1. The summed E-state index contributed by atoms with van der Waals surface area (Å²) in [5.74, 6) is 2.18. The fourth-order valence-corrected chi connectivity index (χ4v) is 2.91. The molecule has 0 saturated heterocycles. The van der Waals surface area contributed by atoms with Crippen molar-refractivity contribution in [1.82, 2.24) is 15.4 Å². The third-order valence-electron chi connectivity index (χ3n) is 3.86. The Balaban J connectivity index is 0.00000729. The summed E-state index contributed by atoms with van der Waals surface area (Å²) in [7, 11) is -1.50. The number of nitrogens with zero attached hydrogens (tertiary/aromatic N) is 1. The van der Waals surface area contributed by atoms with Crippen molar-refractivity contribution in [1.29, 1.82) is 0 Å². The van der Waals surface area contributed by atoms with E-state index < -0.39 is 10.0 Å². The normalized spacial score (nSPS) is 11.9. The Morgan fingerprint density at radius 3 is 2.54 bits per heavy atom. The molecule has 3 N–H and O–H groups in total. The van der Waals surface area contributed by atoms with Crippen molar-refractivity contribution in [3.05, 3.63) is 29.3 Å². The minimum Gasteiger partial charge on any atom is -0.493 e. The van der Waals surface area contributed by atoms with Crippen molar-refractivity contribution in [3.63, 3.8) is 0 Å². The van der Waals surface area contributed by atoms with Crippen LogP contribution in [0.15, 0.2) is 23.2 Å². The summed E-state index contributed by atoms with van der Waals surface area (Å²) in [5, 5.41) is 6.31. The molecule has 1 rings (SSSR count). The number of nitrogens with one attached hydrogen (secondary N) is 3. The molecule has 0 amide bonds. The standard InChI is InChI=1S/C19H34N4O3S.HI/c1-15(2)7-6-12-26-18-13-16(3)8-9-17(18)14-22-19(20-4)21-10-11-23-27(5,24)25;/h8-9,13,15,23H,6-7,10-12,14H2,1-5H3,(H2,20,21,22);1H. The molecule has 0 radical (unpaired) electrons. The van der Waals surface area contributed by atoms with E-state index in [9.17, 15) is 8.42 Å². The molecular weight excluding hydrogens is 491 g/mol. The Bertz CT molecular complexity index is 709. The van der Waals surface area contributed by atoms with Gasteiger partial charge in [-0.3, -0.25) is 4.99 Å². The lowest BCUT2D eigenvalue weighted by Crippen LogP contribution is -2.41. The van der Waals surface area contributed by atoms with Gasteiger partial charge in [-0.25, -0.2) is 13.1 Å². The summed E-state index contributed by atoms with van der Waals surface area (Å²) in [6.07, 6.45) is 3.33. The zero-order chi connectivity index (χ0) is 20.3. The maximum Gasteiger partial charge on any atom is 0.208 e. The van der Waals surface area contributed by atoms with Crippen molar-refractivity contribution in [2.45, 2.75) is 40.2 Å². The number of aryl methyl sites for hydroxylation is 1. The van der Waals surface area contributed by atoms with Gasteiger partial charge in [0.2, 0.25) is 10.0 Å². The number of guanidine groups is 1. The highest BCUT2D eigenvalue weighted by atomic mass is 127. The fraction of sp³-hybridized carbons (Fsp3) is 0.632. The van der Waals surface area contributed by atoms with Crippen LogP contribution in [0.3, 0.4) is 0 Å². The van der Waals surface area contributed by atoms with Crippen LogP contribution in [0.25, 0.3) is 0 Å². The van der Waals surface area contributed by atoms with Crippen LogP contribution < -0.4 is 20.1 Å². The summed E-state index contributed by atoms with van der Waals surface area (Å²) in [5.41, 5.74) is 2.22. The first-order valence-corrected chi connectivity index (χ1v) is 11.2. The van der Waals surface area contributed by atoms with Gasteiger partial charge in [-0.2, -0.15) is 0 Å². The molecule has 0 heterocycles. The summed E-state index contributed by atoms with van der Waals surface area (Å²) in [6, 6.07) is 6.17. The smallest absolute Gasteiger partial charge is 0.208 e. The molecule has 0 aliphatic rings. The molecule has 0 aromatic heterocycles. The molecule has 1 aromatic carbocycles. The van der Waals surface area contributed by atoms with Gasteiger partial charge in [0.25, 0.3) is 0 Å². The Morgan fingerprint density at radius 1 is 1.21 bits per heavy atom. The molecule has 1 aromatic rings. The summed E-state index contributed by atoms with van der Waals surface area (Å²) < 4.78 is 30.6. The molecule has 9 heteroatoms. The predicted molar refractivity (Wildman–Crippen MR) is 127 cm³/mol. The summed E-state index contributed by atoms with van der Waals surface area (Å²) >= 11 is 0. The monoisotopic (exact) mass is 526 g/mol. The average molecular weight is 526 g/mol. The van der Waals surface area contributed by atoms with Crippen LogP contribution in [0.1, 0.15) is 37.8 Å². The number of ether oxygens (including phenoxy) is 1. The van der Waals surface area contributed by atoms with Gasteiger partial charge in [0.05, 0.1) is 12.9 Å². The van der Waals surface area contributed by atoms with Gasteiger partial charge in [0, 0.05) is 32.2 Å². The number of hydrogen-bond donors (Lipinski definition) is 3. The lowest BCUT2D eigenvalue weighted by Gasteiger charge is -2.16. The number of hydrogen-bond acceptors (Lipinski definition) is 4. The zero-order valence-electron chi connectivity index (χ0n) is 17.5. The van der Waals surface area contributed by atoms with Gasteiger partial charge in [0.15, 0.2) is 5.96 Å². The second-order valence-electron chi connectivity index (χ2n) is 7.01. The Labute approximate surface area is 187 Å². The van der Waals surface area contributed by atoms with Crippen molar-refractivity contribution in [2.24, 2.45) is 10.9 Å². The minimum absolute atomic E-state index is 0. The molecule has 0 unspecified atom stereocenters. The van der Waals surface area contributed by atoms with Gasteiger partial charge >= 0.3 is 0 Å². The average Bonchev–Trinajstić information content (AvgIpc) is 2.58. The fourth-order valence-electron chi connectivity index (χ4n) is 2.43. The summed E-state index contributed by atoms with van der Waals surface area (Å²) in [6.45, 7) is 8.50. The quantitative estimate of drug-likeness (QED) is 0.179. The molecule has 0 spiro atoms. The Morgan fingerprint density at radius 2 is 1.93 bits per heavy atom. The molecule has 28 heavy (non-hydrogen) atoms. The summed E-state index contributed by atoms with van der Waals surface area (Å²) in [4.78, 5) is 4.16. The van der Waals surface area contributed by atoms with E-state index in [1.54, 1.807) is 7.05 Å². The third-order valence-corrected chi connectivity index (χ3v) is 4.59. The first-order chi connectivity index (χ1) is 12.7. The molecule has 0 atom stereocenters. The molecule has 0 fully saturated rings. The van der Waals surface area contributed by atoms with Crippen molar-refractivity contribution < 1.29 is 13.2 Å². The Hall–Kier alpha value is -1.07. The van der Waals surface area contributed by atoms with Gasteiger partial charge in [-0.1, -0.05) is 26.0 Å². The lowest BCUT2D eigenvalue weighted by molar-refractivity contribution is 0.294. The van der Waals surface area contributed by atoms with E-state index >= 15 is 0 Å². The van der Waals surface area contributed by atoms with Crippen LogP contribution in [0.4, 0.5) is 0 Å². The minimum atomic E-state index is -3.18. The van der Waals surface area contributed by atoms with Crippen molar-refractivity contribution in [3.8, 4) is 5.75 Å². The highest BCUT2D eigenvalue weighted by molar-refractivity contribution is 14.0. The van der Waals surface area contributed by atoms with Crippen LogP contribution in [-0.4, -0.2) is 47.4 Å². The van der Waals surface area contributed by atoms with Crippen LogP contribution in [0.5, 0.6) is 5.75 Å². The second-order valence-corrected chi connectivity index (χ2v) is 8.85. The largest absolute Gasteiger partial charge is 0.493 e. The van der Waals surface area contributed by atoms with Gasteiger partial charge in [0.1, 0.15) is 5.75 Å². The molecule has 7 nitrogen and oxygen atoms in total. The topological polar surface area (TPSA) is 91.8 Å². The highest BCUT2D eigenvalue weighted by Crippen LogP contribution is 2.21. The third kappa shape index (κ3) is 12.4. The van der Waals surface area contributed by atoms with Crippen molar-refractivity contribution >= 4 is 40.0 Å². The van der Waals surface area contributed by atoms with E-state index in [0.717, 1.165) is 36.0 Å². The van der Waals surface area contributed by atoms with Crippen LogP contribution in [0.2, 0.25) is 0 Å². The number of sulfonamides is 1. The molecular formula is C19H35IN4O3S. The van der Waals surface area contributed by atoms with Gasteiger partial charge in [-0.05, 0) is 37.3 Å². The highest BCUT2D eigenvalue weighted by Gasteiger charge is 2.07. The molecule has 0 aliphatic heterocycles. The maximum absolute atomic E-state index is 11.1. The van der Waals surface area contributed by atoms with E-state index in [1.165, 1.54) is 0 Å². The van der Waals surface area contributed by atoms with Crippen LogP contribution >= 0.6 is 24.0 Å². The van der Waals surface area contributed by atoms with E-state index in [4.69, 9.17) is 4.74 Å². The lowest BCUT2D eigenvalue weighted by atomic mass is 10.1. The van der Waals surface area contributed by atoms with Crippen LogP contribution in [0, 0.1) is 12.8 Å². The van der Waals surface area contributed by atoms with Gasteiger partial charge in [-0.15, -0.1) is 24.0 Å². The van der Waals surface area contributed by atoms with Gasteiger partial charge < -0.3 is 15.4 Å². The first-order valence-electron chi connectivity index (χ1n) is 9.32. The molecule has 0 saturated carbocycles. The molecule has 0 bridgehead atoms. The number of rotatable bonds is 11. The van der Waals surface area contributed by atoms with E-state index in [1.807, 2.05) is 6.92 Å².